The number of rotatable bonds is 7. The second kappa shape index (κ2) is 9.06. The number of aromatic amines is 1. The highest BCUT2D eigenvalue weighted by molar-refractivity contribution is 5.95. The second-order valence-electron chi connectivity index (χ2n) is 7.85. The molecule has 0 aliphatic carbocycles. The van der Waals surface area contributed by atoms with Crippen LogP contribution in [0.5, 0.6) is 0 Å². The Morgan fingerprint density at radius 2 is 2.03 bits per heavy atom. The second-order valence-corrected chi connectivity index (χ2v) is 7.85. The van der Waals surface area contributed by atoms with Crippen molar-refractivity contribution < 1.29 is 19.2 Å². The van der Waals surface area contributed by atoms with Gasteiger partial charge in [-0.3, -0.25) is 19.2 Å². The Balaban J connectivity index is 1.73. The first-order valence-corrected chi connectivity index (χ1v) is 10.0. The van der Waals surface area contributed by atoms with Crippen molar-refractivity contribution in [3.63, 3.8) is 0 Å². The van der Waals surface area contributed by atoms with Crippen molar-refractivity contribution in [1.82, 2.24) is 30.8 Å². The van der Waals surface area contributed by atoms with Gasteiger partial charge in [0.1, 0.15) is 18.1 Å². The summed E-state index contributed by atoms with van der Waals surface area (Å²) in [5.74, 6) is -1.05. The topological polar surface area (TPSA) is 136 Å². The molecule has 10 nitrogen and oxygen atoms in total. The average Bonchev–Trinajstić information content (AvgIpc) is 3.41. The van der Waals surface area contributed by atoms with E-state index in [0.717, 1.165) is 6.42 Å². The zero-order valence-electron chi connectivity index (χ0n) is 16.7. The van der Waals surface area contributed by atoms with Crippen LogP contribution in [0.15, 0.2) is 12.5 Å². The quantitative estimate of drug-likeness (QED) is 0.473. The minimum absolute atomic E-state index is 0.0217. The van der Waals surface area contributed by atoms with Crippen molar-refractivity contribution in [2.24, 2.45) is 0 Å². The number of hydrogen-bond donors (Lipinski definition) is 4. The highest BCUT2D eigenvalue weighted by atomic mass is 16.2. The van der Waals surface area contributed by atoms with E-state index in [1.54, 1.807) is 11.1 Å². The predicted molar refractivity (Wildman–Crippen MR) is 103 cm³/mol. The van der Waals surface area contributed by atoms with Gasteiger partial charge < -0.3 is 25.8 Å². The van der Waals surface area contributed by atoms with Crippen LogP contribution in [-0.4, -0.2) is 69.2 Å². The minimum Gasteiger partial charge on any atom is -0.352 e. The highest BCUT2D eigenvalue weighted by Crippen LogP contribution is 2.20. The first kappa shape index (κ1) is 20.8. The molecule has 0 unspecified atom stereocenters. The van der Waals surface area contributed by atoms with Crippen LogP contribution in [0.1, 0.15) is 45.2 Å². The molecule has 0 radical (unpaired) electrons. The van der Waals surface area contributed by atoms with Gasteiger partial charge in [0.05, 0.1) is 6.33 Å². The molecule has 4 amide bonds. The van der Waals surface area contributed by atoms with E-state index in [-0.39, 0.29) is 30.2 Å². The summed E-state index contributed by atoms with van der Waals surface area (Å²) < 4.78 is 0. The number of hydrogen-bond acceptors (Lipinski definition) is 5. The monoisotopic (exact) mass is 404 g/mol. The number of nitrogens with one attached hydrogen (secondary N) is 4. The molecule has 10 heteroatoms. The number of H-pyrrole nitrogens is 1. The molecular formula is C19H28N6O4. The van der Waals surface area contributed by atoms with Gasteiger partial charge in [-0.2, -0.15) is 0 Å². The van der Waals surface area contributed by atoms with E-state index in [9.17, 15) is 19.2 Å². The highest BCUT2D eigenvalue weighted by Gasteiger charge is 2.39. The van der Waals surface area contributed by atoms with E-state index in [4.69, 9.17) is 0 Å². The van der Waals surface area contributed by atoms with Crippen molar-refractivity contribution in [2.45, 2.75) is 70.1 Å². The zero-order valence-corrected chi connectivity index (χ0v) is 16.7. The Labute approximate surface area is 169 Å². The molecule has 158 valence electrons. The molecule has 2 aliphatic rings. The van der Waals surface area contributed by atoms with Gasteiger partial charge in [-0.25, -0.2) is 4.98 Å². The van der Waals surface area contributed by atoms with Gasteiger partial charge in [-0.1, -0.05) is 0 Å². The van der Waals surface area contributed by atoms with E-state index in [2.05, 4.69) is 25.9 Å². The first-order chi connectivity index (χ1) is 13.8. The maximum atomic E-state index is 13.3. The maximum absolute atomic E-state index is 13.3. The third-order valence-electron chi connectivity index (χ3n) is 5.17. The Kier molecular flexibility index (Phi) is 6.50. The summed E-state index contributed by atoms with van der Waals surface area (Å²) in [5.41, 5.74) is 0.696. The summed E-state index contributed by atoms with van der Waals surface area (Å²) in [5, 5.41) is 8.25. The molecule has 29 heavy (non-hydrogen) atoms. The van der Waals surface area contributed by atoms with Crippen LogP contribution in [-0.2, 0) is 25.6 Å². The van der Waals surface area contributed by atoms with Crippen molar-refractivity contribution in [3.8, 4) is 0 Å². The molecule has 3 rings (SSSR count). The van der Waals surface area contributed by atoms with Gasteiger partial charge in [-0.05, 0) is 33.1 Å². The van der Waals surface area contributed by atoms with Crippen LogP contribution in [0.25, 0.3) is 0 Å². The number of carbonyl (C=O) groups is 4. The summed E-state index contributed by atoms with van der Waals surface area (Å²) in [6, 6.07) is -2.06. The number of amides is 4. The van der Waals surface area contributed by atoms with Gasteiger partial charge in [0.15, 0.2) is 0 Å². The molecule has 0 saturated carbocycles. The normalized spacial score (nSPS) is 22.4. The third-order valence-corrected chi connectivity index (χ3v) is 5.17. The SMILES string of the molecule is CC(C)NC(=O)[C@@H]1CCCN1C(=O)[C@H](Cc1cnc[nH]1)NC(=O)[C@@H]1CCC(=O)N1. The van der Waals surface area contributed by atoms with Gasteiger partial charge in [-0.15, -0.1) is 0 Å². The summed E-state index contributed by atoms with van der Waals surface area (Å²) in [6.07, 6.45) is 5.33. The van der Waals surface area contributed by atoms with E-state index < -0.39 is 24.0 Å². The lowest BCUT2D eigenvalue weighted by molar-refractivity contribution is -0.141. The molecule has 2 fully saturated rings. The van der Waals surface area contributed by atoms with Gasteiger partial charge in [0.2, 0.25) is 23.6 Å². The number of likely N-dealkylation sites (tertiary alicyclic amines) is 1. The fourth-order valence-electron chi connectivity index (χ4n) is 3.78. The standard InChI is InChI=1S/C19H28N6O4/c1-11(2)22-18(28)15-4-3-7-25(15)19(29)14(8-12-9-20-10-21-12)24-17(27)13-5-6-16(26)23-13/h9-11,13-15H,3-8H2,1-2H3,(H,20,21)(H,22,28)(H,23,26)(H,24,27)/t13-,14-,15-/m0/s1. The fraction of sp³-hybridized carbons (Fsp3) is 0.632. The Hall–Kier alpha value is -2.91. The average molecular weight is 404 g/mol. The summed E-state index contributed by atoms with van der Waals surface area (Å²) in [7, 11) is 0. The van der Waals surface area contributed by atoms with Gasteiger partial charge in [0.25, 0.3) is 0 Å². The Morgan fingerprint density at radius 3 is 2.66 bits per heavy atom. The smallest absolute Gasteiger partial charge is 0.246 e. The maximum Gasteiger partial charge on any atom is 0.246 e. The largest absolute Gasteiger partial charge is 0.352 e. The van der Waals surface area contributed by atoms with Crippen LogP contribution >= 0.6 is 0 Å². The van der Waals surface area contributed by atoms with Gasteiger partial charge in [0, 0.05) is 37.3 Å². The zero-order chi connectivity index (χ0) is 21.0. The van der Waals surface area contributed by atoms with Crippen LogP contribution in [0.3, 0.4) is 0 Å². The molecule has 1 aromatic heterocycles. The Bertz CT molecular complexity index is 763. The minimum atomic E-state index is -0.854. The van der Waals surface area contributed by atoms with E-state index in [1.807, 2.05) is 13.8 Å². The third kappa shape index (κ3) is 5.12. The van der Waals surface area contributed by atoms with Gasteiger partial charge >= 0.3 is 0 Å². The molecule has 2 aliphatic heterocycles. The van der Waals surface area contributed by atoms with Crippen molar-refractivity contribution in [1.29, 1.82) is 0 Å². The van der Waals surface area contributed by atoms with E-state index in [1.165, 1.54) is 6.33 Å². The predicted octanol–water partition coefficient (Wildman–Crippen LogP) is -0.769. The molecule has 3 heterocycles. The molecule has 4 N–H and O–H groups in total. The van der Waals surface area contributed by atoms with Crippen molar-refractivity contribution >= 4 is 23.6 Å². The molecule has 2 saturated heterocycles. The number of carbonyl (C=O) groups excluding carboxylic acids is 4. The molecule has 1 aromatic rings. The number of imidazole rings is 1. The summed E-state index contributed by atoms with van der Waals surface area (Å²) in [4.78, 5) is 58.3. The molecule has 3 atom stereocenters. The van der Waals surface area contributed by atoms with E-state index >= 15 is 0 Å². The first-order valence-electron chi connectivity index (χ1n) is 10.0. The van der Waals surface area contributed by atoms with E-state index in [0.29, 0.717) is 31.5 Å². The molecule has 0 aromatic carbocycles. The molecule has 0 bridgehead atoms. The van der Waals surface area contributed by atoms with Crippen molar-refractivity contribution in [3.05, 3.63) is 18.2 Å². The van der Waals surface area contributed by atoms with Crippen molar-refractivity contribution in [2.75, 3.05) is 6.54 Å². The lowest BCUT2D eigenvalue weighted by atomic mass is 10.1. The summed E-state index contributed by atoms with van der Waals surface area (Å²) in [6.45, 7) is 4.21. The lowest BCUT2D eigenvalue weighted by Gasteiger charge is -2.29. The Morgan fingerprint density at radius 1 is 1.24 bits per heavy atom. The lowest BCUT2D eigenvalue weighted by Crippen LogP contribution is -2.56. The number of nitrogens with zero attached hydrogens (tertiary/aromatic N) is 2. The van der Waals surface area contributed by atoms with Crippen LogP contribution in [0, 0.1) is 0 Å². The fourth-order valence-corrected chi connectivity index (χ4v) is 3.78. The van der Waals surface area contributed by atoms with Crippen LogP contribution in [0.4, 0.5) is 0 Å². The van der Waals surface area contributed by atoms with Crippen LogP contribution < -0.4 is 16.0 Å². The number of aromatic nitrogens is 2. The molecular weight excluding hydrogens is 376 g/mol. The summed E-state index contributed by atoms with van der Waals surface area (Å²) >= 11 is 0. The molecule has 0 spiro atoms. The van der Waals surface area contributed by atoms with Crippen LogP contribution in [0.2, 0.25) is 0 Å².